The zero-order chi connectivity index (χ0) is 18.4. The number of likely N-dealkylation sites (N-methyl/N-ethyl adjacent to an activating group) is 1. The first-order valence-corrected chi connectivity index (χ1v) is 10.1. The van der Waals surface area contributed by atoms with Crippen molar-refractivity contribution < 1.29 is 4.79 Å². The summed E-state index contributed by atoms with van der Waals surface area (Å²) >= 11 is 1.66. The van der Waals surface area contributed by atoms with Crippen LogP contribution in [0.15, 0.2) is 30.5 Å². The number of anilines is 1. The summed E-state index contributed by atoms with van der Waals surface area (Å²) in [5.41, 5.74) is 2.09. The molecule has 138 valence electrons. The van der Waals surface area contributed by atoms with Crippen LogP contribution in [0.5, 0.6) is 0 Å². The number of nitrogens with one attached hydrogen (secondary N) is 1. The van der Waals surface area contributed by atoms with E-state index < -0.39 is 0 Å². The molecule has 0 saturated carbocycles. The number of thioether (sulfide) groups is 1. The Balaban J connectivity index is 2.00. The number of carbonyl (C=O) groups is 1. The minimum atomic E-state index is 0.0558. The highest BCUT2D eigenvalue weighted by Gasteiger charge is 2.13. The fourth-order valence-corrected chi connectivity index (χ4v) is 3.38. The second kappa shape index (κ2) is 8.77. The zero-order valence-electron chi connectivity index (χ0n) is 16.1. The van der Waals surface area contributed by atoms with Crippen molar-refractivity contribution in [2.45, 2.75) is 45.9 Å². The SMILES string of the molecule is CCN(CC)CCn1ccc2cc(NC(=O)CSC(C)(C)C)ccc21. The van der Waals surface area contributed by atoms with Crippen LogP contribution in [0, 0.1) is 0 Å². The molecule has 2 aromatic rings. The number of carbonyl (C=O) groups excluding carboxylic acids is 1. The first-order valence-electron chi connectivity index (χ1n) is 9.07. The number of nitrogens with zero attached hydrogens (tertiary/aromatic N) is 2. The van der Waals surface area contributed by atoms with Crippen molar-refractivity contribution in [2.75, 3.05) is 30.7 Å². The maximum absolute atomic E-state index is 12.1. The Bertz CT molecular complexity index is 699. The van der Waals surface area contributed by atoms with Gasteiger partial charge in [0.15, 0.2) is 0 Å². The Kier molecular flexibility index (Phi) is 6.96. The zero-order valence-corrected chi connectivity index (χ0v) is 16.9. The third-order valence-corrected chi connectivity index (χ3v) is 5.52. The van der Waals surface area contributed by atoms with E-state index in [-0.39, 0.29) is 10.7 Å². The minimum absolute atomic E-state index is 0.0558. The fraction of sp³-hybridized carbons (Fsp3) is 0.550. The maximum atomic E-state index is 12.1. The molecular weight excluding hydrogens is 330 g/mol. The number of fused-ring (bicyclic) bond motifs is 1. The van der Waals surface area contributed by atoms with Gasteiger partial charge in [0.2, 0.25) is 5.91 Å². The normalized spacial score (nSPS) is 12.1. The predicted octanol–water partition coefficient (Wildman–Crippen LogP) is 4.45. The van der Waals surface area contributed by atoms with Gasteiger partial charge in [-0.15, -0.1) is 11.8 Å². The summed E-state index contributed by atoms with van der Waals surface area (Å²) < 4.78 is 2.39. The van der Waals surface area contributed by atoms with Crippen molar-refractivity contribution in [3.05, 3.63) is 30.5 Å². The molecular formula is C20H31N3OS. The minimum Gasteiger partial charge on any atom is -0.346 e. The van der Waals surface area contributed by atoms with Crippen LogP contribution in [-0.2, 0) is 11.3 Å². The number of hydrogen-bond donors (Lipinski definition) is 1. The van der Waals surface area contributed by atoms with Crippen molar-refractivity contribution in [3.8, 4) is 0 Å². The van der Waals surface area contributed by atoms with Crippen LogP contribution in [0.25, 0.3) is 10.9 Å². The first kappa shape index (κ1) is 19.9. The molecule has 0 aliphatic carbocycles. The summed E-state index contributed by atoms with van der Waals surface area (Å²) in [6.07, 6.45) is 2.13. The Labute approximate surface area is 156 Å². The quantitative estimate of drug-likeness (QED) is 0.754. The summed E-state index contributed by atoms with van der Waals surface area (Å²) in [4.78, 5) is 14.5. The fourth-order valence-electron chi connectivity index (χ4n) is 2.74. The van der Waals surface area contributed by atoms with Gasteiger partial charge in [0, 0.05) is 40.6 Å². The highest BCUT2D eigenvalue weighted by molar-refractivity contribution is 8.01. The van der Waals surface area contributed by atoms with Gasteiger partial charge >= 0.3 is 0 Å². The van der Waals surface area contributed by atoms with Gasteiger partial charge in [0.05, 0.1) is 5.75 Å². The Morgan fingerprint density at radius 2 is 1.92 bits per heavy atom. The Hall–Kier alpha value is -1.46. The van der Waals surface area contributed by atoms with Gasteiger partial charge in [-0.2, -0.15) is 0 Å². The molecule has 1 aromatic carbocycles. The highest BCUT2D eigenvalue weighted by atomic mass is 32.2. The predicted molar refractivity (Wildman–Crippen MR) is 111 cm³/mol. The van der Waals surface area contributed by atoms with Crippen LogP contribution in [0.3, 0.4) is 0 Å². The molecule has 0 atom stereocenters. The average molecular weight is 362 g/mol. The Morgan fingerprint density at radius 3 is 2.56 bits per heavy atom. The van der Waals surface area contributed by atoms with Gasteiger partial charge in [-0.3, -0.25) is 4.79 Å². The molecule has 1 amide bonds. The van der Waals surface area contributed by atoms with Gasteiger partial charge in [0.1, 0.15) is 0 Å². The van der Waals surface area contributed by atoms with Crippen LogP contribution in [0.1, 0.15) is 34.6 Å². The molecule has 0 bridgehead atoms. The van der Waals surface area contributed by atoms with Crippen LogP contribution >= 0.6 is 11.8 Å². The lowest BCUT2D eigenvalue weighted by Gasteiger charge is -2.18. The van der Waals surface area contributed by atoms with E-state index in [1.807, 2.05) is 6.07 Å². The molecule has 0 aliphatic heterocycles. The molecule has 1 heterocycles. The van der Waals surface area contributed by atoms with Crippen molar-refractivity contribution in [3.63, 3.8) is 0 Å². The van der Waals surface area contributed by atoms with E-state index in [1.54, 1.807) is 11.8 Å². The third-order valence-electron chi connectivity index (χ3n) is 4.24. The first-order chi connectivity index (χ1) is 11.8. The van der Waals surface area contributed by atoms with Gasteiger partial charge in [-0.05, 0) is 37.4 Å². The van der Waals surface area contributed by atoms with Crippen LogP contribution in [-0.4, -0.2) is 45.5 Å². The van der Waals surface area contributed by atoms with E-state index >= 15 is 0 Å². The summed E-state index contributed by atoms with van der Waals surface area (Å²) in [5, 5.41) is 4.17. The summed E-state index contributed by atoms with van der Waals surface area (Å²) in [6, 6.07) is 8.28. The molecule has 0 spiro atoms. The molecule has 1 N–H and O–H groups in total. The number of amides is 1. The molecule has 5 heteroatoms. The van der Waals surface area contributed by atoms with E-state index in [4.69, 9.17) is 0 Å². The maximum Gasteiger partial charge on any atom is 0.234 e. The average Bonchev–Trinajstić information content (AvgIpc) is 2.96. The van der Waals surface area contributed by atoms with E-state index in [1.165, 1.54) is 10.9 Å². The molecule has 4 nitrogen and oxygen atoms in total. The molecule has 0 aliphatic rings. The van der Waals surface area contributed by atoms with Gasteiger partial charge in [-0.25, -0.2) is 0 Å². The molecule has 0 radical (unpaired) electrons. The summed E-state index contributed by atoms with van der Waals surface area (Å²) in [5.74, 6) is 0.534. The topological polar surface area (TPSA) is 37.3 Å². The molecule has 25 heavy (non-hydrogen) atoms. The van der Waals surface area contributed by atoms with Crippen LogP contribution < -0.4 is 5.32 Å². The van der Waals surface area contributed by atoms with Crippen molar-refractivity contribution >= 4 is 34.3 Å². The molecule has 0 fully saturated rings. The van der Waals surface area contributed by atoms with E-state index in [0.29, 0.717) is 5.75 Å². The largest absolute Gasteiger partial charge is 0.346 e. The van der Waals surface area contributed by atoms with Gasteiger partial charge in [0.25, 0.3) is 0 Å². The van der Waals surface area contributed by atoms with Crippen LogP contribution in [0.2, 0.25) is 0 Å². The smallest absolute Gasteiger partial charge is 0.234 e. The van der Waals surface area contributed by atoms with Crippen molar-refractivity contribution in [2.24, 2.45) is 0 Å². The summed E-state index contributed by atoms with van der Waals surface area (Å²) in [6.45, 7) is 15.0. The number of aromatic nitrogens is 1. The van der Waals surface area contributed by atoms with E-state index in [9.17, 15) is 4.79 Å². The number of benzene rings is 1. The lowest BCUT2D eigenvalue weighted by molar-refractivity contribution is -0.113. The number of rotatable bonds is 8. The number of hydrogen-bond acceptors (Lipinski definition) is 3. The van der Waals surface area contributed by atoms with Gasteiger partial charge < -0.3 is 14.8 Å². The highest BCUT2D eigenvalue weighted by Crippen LogP contribution is 2.24. The van der Waals surface area contributed by atoms with Crippen molar-refractivity contribution in [1.82, 2.24) is 9.47 Å². The third kappa shape index (κ3) is 6.08. The lowest BCUT2D eigenvalue weighted by Crippen LogP contribution is -2.26. The van der Waals surface area contributed by atoms with E-state index in [2.05, 4.69) is 73.8 Å². The molecule has 0 saturated heterocycles. The monoisotopic (exact) mass is 361 g/mol. The summed E-state index contributed by atoms with van der Waals surface area (Å²) in [7, 11) is 0. The van der Waals surface area contributed by atoms with E-state index in [0.717, 1.165) is 31.9 Å². The second-order valence-electron chi connectivity index (χ2n) is 7.26. The standard InChI is InChI=1S/C20H31N3OS/c1-6-22(7-2)12-13-23-11-10-16-14-17(8-9-18(16)23)21-19(24)15-25-20(3,4)5/h8-11,14H,6-7,12-13,15H2,1-5H3,(H,21,24). The van der Waals surface area contributed by atoms with Gasteiger partial charge in [-0.1, -0.05) is 34.6 Å². The van der Waals surface area contributed by atoms with Crippen LogP contribution in [0.4, 0.5) is 5.69 Å². The molecule has 2 rings (SSSR count). The lowest BCUT2D eigenvalue weighted by atomic mass is 10.2. The van der Waals surface area contributed by atoms with Crippen molar-refractivity contribution in [1.29, 1.82) is 0 Å². The second-order valence-corrected chi connectivity index (χ2v) is 9.06. The Morgan fingerprint density at radius 1 is 1.20 bits per heavy atom. The molecule has 1 aromatic heterocycles. The molecule has 0 unspecified atom stereocenters.